The molecule has 3 rings (SSSR count). The third-order valence-electron chi connectivity index (χ3n) is 5.09. The van der Waals surface area contributed by atoms with Crippen LogP contribution < -0.4 is 11.1 Å². The lowest BCUT2D eigenvalue weighted by atomic mass is 9.96. The summed E-state index contributed by atoms with van der Waals surface area (Å²) in [6, 6.07) is 9.75. The number of piperazine rings is 1. The van der Waals surface area contributed by atoms with E-state index in [0.29, 0.717) is 12.5 Å². The van der Waals surface area contributed by atoms with Crippen molar-refractivity contribution in [3.63, 3.8) is 0 Å². The van der Waals surface area contributed by atoms with Gasteiger partial charge in [0.15, 0.2) is 0 Å². The van der Waals surface area contributed by atoms with Gasteiger partial charge in [-0.25, -0.2) is 0 Å². The fraction of sp³-hybridized carbons (Fsp3) is 0.682. The zero-order valence-corrected chi connectivity index (χ0v) is 17.4. The molecule has 5 nitrogen and oxygen atoms in total. The Morgan fingerprint density at radius 1 is 1.19 bits per heavy atom. The Balaban J connectivity index is 0.000000321. The third kappa shape index (κ3) is 7.99. The molecule has 1 saturated heterocycles. The number of carbonyl (C=O) groups excluding carboxylic acids is 1. The van der Waals surface area contributed by atoms with Gasteiger partial charge in [-0.1, -0.05) is 37.1 Å². The minimum Gasteiger partial charge on any atom is -0.462 e. The van der Waals surface area contributed by atoms with Gasteiger partial charge < -0.3 is 15.8 Å². The van der Waals surface area contributed by atoms with E-state index in [0.717, 1.165) is 19.0 Å². The lowest BCUT2D eigenvalue weighted by Gasteiger charge is -2.35. The van der Waals surface area contributed by atoms with E-state index in [-0.39, 0.29) is 11.6 Å². The summed E-state index contributed by atoms with van der Waals surface area (Å²) in [6.45, 7) is 12.6. The van der Waals surface area contributed by atoms with E-state index in [4.69, 9.17) is 5.73 Å². The molecule has 2 fully saturated rings. The van der Waals surface area contributed by atoms with E-state index >= 15 is 0 Å². The fourth-order valence-corrected chi connectivity index (χ4v) is 3.33. The predicted molar refractivity (Wildman–Crippen MR) is 110 cm³/mol. The Bertz CT molecular complexity index is 556. The van der Waals surface area contributed by atoms with Gasteiger partial charge in [-0.2, -0.15) is 0 Å². The van der Waals surface area contributed by atoms with Crippen LogP contribution >= 0.6 is 0 Å². The second-order valence-electron chi connectivity index (χ2n) is 8.76. The largest absolute Gasteiger partial charge is 0.462 e. The molecule has 0 bridgehead atoms. The highest BCUT2D eigenvalue weighted by Crippen LogP contribution is 2.40. The summed E-state index contributed by atoms with van der Waals surface area (Å²) in [5.74, 6) is 0.961. The fourth-order valence-electron chi connectivity index (χ4n) is 3.33. The zero-order chi connectivity index (χ0) is 19.9. The van der Waals surface area contributed by atoms with Gasteiger partial charge in [-0.15, -0.1) is 0 Å². The second kappa shape index (κ2) is 10.2. The molecular formula is C22H37N3O2. The summed E-state index contributed by atoms with van der Waals surface area (Å²) in [4.78, 5) is 12.3. The van der Waals surface area contributed by atoms with Crippen LogP contribution in [0.3, 0.4) is 0 Å². The molecule has 1 aromatic rings. The molecule has 27 heavy (non-hydrogen) atoms. The Labute approximate surface area is 164 Å². The van der Waals surface area contributed by atoms with Crippen LogP contribution in [0.2, 0.25) is 0 Å². The van der Waals surface area contributed by atoms with Gasteiger partial charge in [-0.3, -0.25) is 9.69 Å². The molecule has 152 valence electrons. The van der Waals surface area contributed by atoms with E-state index in [2.05, 4.69) is 39.2 Å². The summed E-state index contributed by atoms with van der Waals surface area (Å²) in [5.41, 5.74) is 8.35. The van der Waals surface area contributed by atoms with Crippen LogP contribution in [-0.2, 0) is 9.53 Å². The van der Waals surface area contributed by atoms with Crippen molar-refractivity contribution in [2.45, 2.75) is 64.6 Å². The molecular weight excluding hydrogens is 338 g/mol. The zero-order valence-electron chi connectivity index (χ0n) is 17.4. The molecule has 1 heterocycles. The summed E-state index contributed by atoms with van der Waals surface area (Å²) >= 11 is 0. The highest BCUT2D eigenvalue weighted by atomic mass is 16.5. The van der Waals surface area contributed by atoms with Crippen molar-refractivity contribution in [3.8, 4) is 0 Å². The van der Waals surface area contributed by atoms with E-state index in [1.807, 2.05) is 27.7 Å². The molecule has 0 amide bonds. The van der Waals surface area contributed by atoms with Gasteiger partial charge in [0.1, 0.15) is 5.60 Å². The van der Waals surface area contributed by atoms with E-state index < -0.39 is 0 Å². The average molecular weight is 376 g/mol. The van der Waals surface area contributed by atoms with Crippen LogP contribution in [0.1, 0.15) is 70.2 Å². The quantitative estimate of drug-likeness (QED) is 0.746. The first-order valence-electron chi connectivity index (χ1n) is 10.2. The van der Waals surface area contributed by atoms with Gasteiger partial charge in [0, 0.05) is 38.3 Å². The van der Waals surface area contributed by atoms with Crippen LogP contribution in [0.4, 0.5) is 0 Å². The van der Waals surface area contributed by atoms with Crippen molar-refractivity contribution in [2.24, 2.45) is 11.7 Å². The molecule has 2 atom stereocenters. The molecule has 3 N–H and O–H groups in total. The Morgan fingerprint density at radius 2 is 1.74 bits per heavy atom. The average Bonchev–Trinajstić information content (AvgIpc) is 3.44. The maximum Gasteiger partial charge on any atom is 0.293 e. The maximum atomic E-state index is 9.60. The number of nitrogens with zero attached hydrogens (tertiary/aromatic N) is 1. The van der Waals surface area contributed by atoms with Crippen molar-refractivity contribution < 1.29 is 9.53 Å². The SMILES string of the molecule is CC(C)(C)OC=O.CC(N)c1ccc(C(CC2CC2)N2CCNCC2)cc1. The second-order valence-corrected chi connectivity index (χ2v) is 8.76. The highest BCUT2D eigenvalue weighted by molar-refractivity contribution is 5.37. The summed E-state index contributed by atoms with van der Waals surface area (Å²) < 4.78 is 4.55. The number of rotatable bonds is 6. The van der Waals surface area contributed by atoms with Gasteiger partial charge in [0.2, 0.25) is 0 Å². The highest BCUT2D eigenvalue weighted by Gasteiger charge is 2.30. The first-order chi connectivity index (χ1) is 12.8. The topological polar surface area (TPSA) is 67.6 Å². The molecule has 1 saturated carbocycles. The number of nitrogens with one attached hydrogen (secondary N) is 1. The number of hydrogen-bond donors (Lipinski definition) is 2. The molecule has 0 radical (unpaired) electrons. The smallest absolute Gasteiger partial charge is 0.293 e. The predicted octanol–water partition coefficient (Wildman–Crippen LogP) is 3.41. The molecule has 1 aliphatic heterocycles. The molecule has 5 heteroatoms. The third-order valence-corrected chi connectivity index (χ3v) is 5.09. The summed E-state index contributed by atoms with van der Waals surface area (Å²) in [7, 11) is 0. The molecule has 2 aliphatic rings. The number of nitrogens with two attached hydrogens (primary N) is 1. The lowest BCUT2D eigenvalue weighted by molar-refractivity contribution is -0.138. The lowest BCUT2D eigenvalue weighted by Crippen LogP contribution is -2.45. The van der Waals surface area contributed by atoms with Crippen LogP contribution in [0.5, 0.6) is 0 Å². The number of ether oxygens (including phenoxy) is 1. The van der Waals surface area contributed by atoms with E-state index in [1.54, 1.807) is 0 Å². The molecule has 0 aromatic heterocycles. The van der Waals surface area contributed by atoms with Gasteiger partial charge in [-0.05, 0) is 51.2 Å². The molecule has 0 spiro atoms. The van der Waals surface area contributed by atoms with Crippen LogP contribution in [-0.4, -0.2) is 43.2 Å². The van der Waals surface area contributed by atoms with Gasteiger partial charge in [0.25, 0.3) is 6.47 Å². The molecule has 1 aromatic carbocycles. The number of carbonyl (C=O) groups is 1. The normalized spacial score (nSPS) is 20.2. The first kappa shape index (κ1) is 21.9. The van der Waals surface area contributed by atoms with Crippen molar-refractivity contribution in [1.82, 2.24) is 10.2 Å². The minimum absolute atomic E-state index is 0.130. The minimum atomic E-state index is -0.318. The van der Waals surface area contributed by atoms with Crippen LogP contribution in [0, 0.1) is 5.92 Å². The Morgan fingerprint density at radius 3 is 2.15 bits per heavy atom. The van der Waals surface area contributed by atoms with Gasteiger partial charge in [0.05, 0.1) is 0 Å². The van der Waals surface area contributed by atoms with Crippen molar-refractivity contribution in [1.29, 1.82) is 0 Å². The first-order valence-corrected chi connectivity index (χ1v) is 10.2. The maximum absolute atomic E-state index is 9.60. The van der Waals surface area contributed by atoms with E-state index in [9.17, 15) is 4.79 Å². The van der Waals surface area contributed by atoms with Crippen LogP contribution in [0.25, 0.3) is 0 Å². The molecule has 2 unspecified atom stereocenters. The van der Waals surface area contributed by atoms with E-state index in [1.165, 1.54) is 43.5 Å². The van der Waals surface area contributed by atoms with Crippen molar-refractivity contribution in [2.75, 3.05) is 26.2 Å². The van der Waals surface area contributed by atoms with Crippen LogP contribution in [0.15, 0.2) is 24.3 Å². The van der Waals surface area contributed by atoms with Gasteiger partial charge >= 0.3 is 0 Å². The van der Waals surface area contributed by atoms with Crippen molar-refractivity contribution in [3.05, 3.63) is 35.4 Å². The standard InChI is InChI=1S/C17H27N3.C5H10O2/c1-13(18)15-4-6-16(7-5-15)17(12-14-2-3-14)20-10-8-19-9-11-20;1-5(2,3)7-4-6/h4-7,13-14,17,19H,2-3,8-12,18H2,1H3;4H,1-3H3. The number of hydrogen-bond acceptors (Lipinski definition) is 5. The molecule has 1 aliphatic carbocycles. The number of benzene rings is 1. The Kier molecular flexibility index (Phi) is 8.27. The monoisotopic (exact) mass is 375 g/mol. The summed E-state index contributed by atoms with van der Waals surface area (Å²) in [6.07, 6.45) is 4.19. The Hall–Kier alpha value is -1.43. The summed E-state index contributed by atoms with van der Waals surface area (Å²) in [5, 5.41) is 3.46. The van der Waals surface area contributed by atoms with Crippen molar-refractivity contribution >= 4 is 6.47 Å².